The fourth-order valence-corrected chi connectivity index (χ4v) is 3.44. The molecule has 1 heterocycles. The minimum Gasteiger partial charge on any atom is -0.439 e. The minimum absolute atomic E-state index is 0.0579. The lowest BCUT2D eigenvalue weighted by atomic mass is 10.1. The van der Waals surface area contributed by atoms with Gasteiger partial charge in [0, 0.05) is 24.6 Å². The number of carbonyl (C=O) groups excluding carboxylic acids is 1. The number of amides is 1. The second kappa shape index (κ2) is 9.92. The number of rotatable bonds is 8. The lowest BCUT2D eigenvalue weighted by Crippen LogP contribution is -2.23. The third-order valence-electron chi connectivity index (χ3n) is 5.08. The monoisotopic (exact) mass is 429 g/mol. The molecule has 4 aromatic rings. The molecule has 0 aliphatic rings. The normalized spacial score (nSPS) is 10.7. The number of aryl methyl sites for hydroxylation is 1. The molecule has 0 aliphatic heterocycles. The van der Waals surface area contributed by atoms with Crippen LogP contribution in [-0.2, 0) is 17.8 Å². The summed E-state index contributed by atoms with van der Waals surface area (Å²) in [6, 6.07) is 25.3. The van der Waals surface area contributed by atoms with Crippen LogP contribution in [0.5, 0.6) is 11.6 Å². The van der Waals surface area contributed by atoms with Crippen molar-refractivity contribution < 1.29 is 13.9 Å². The van der Waals surface area contributed by atoms with Gasteiger partial charge in [0.05, 0.1) is 11.4 Å². The second-order valence-corrected chi connectivity index (χ2v) is 7.44. The van der Waals surface area contributed by atoms with Crippen molar-refractivity contribution in [2.24, 2.45) is 0 Å². The third-order valence-corrected chi connectivity index (χ3v) is 5.08. The van der Waals surface area contributed by atoms with Crippen LogP contribution in [0, 0.1) is 12.7 Å². The largest absolute Gasteiger partial charge is 0.439 e. The van der Waals surface area contributed by atoms with Gasteiger partial charge in [-0.15, -0.1) is 0 Å². The van der Waals surface area contributed by atoms with Gasteiger partial charge in [-0.2, -0.15) is 5.10 Å². The number of para-hydroxylation sites is 1. The number of hydrogen-bond donors (Lipinski definition) is 1. The first-order valence-electron chi connectivity index (χ1n) is 10.5. The van der Waals surface area contributed by atoms with Crippen molar-refractivity contribution in [2.75, 3.05) is 0 Å². The zero-order valence-corrected chi connectivity index (χ0v) is 17.8. The molecule has 1 amide bonds. The molecule has 0 radical (unpaired) electrons. The maximum absolute atomic E-state index is 13.7. The summed E-state index contributed by atoms with van der Waals surface area (Å²) in [4.78, 5) is 12.5. The van der Waals surface area contributed by atoms with Crippen LogP contribution >= 0.6 is 0 Å². The van der Waals surface area contributed by atoms with E-state index in [-0.39, 0.29) is 18.1 Å². The molecule has 32 heavy (non-hydrogen) atoms. The van der Waals surface area contributed by atoms with Crippen molar-refractivity contribution in [3.8, 4) is 17.3 Å². The number of hydrogen-bond acceptors (Lipinski definition) is 3. The molecule has 4 rings (SSSR count). The molecule has 0 saturated carbocycles. The summed E-state index contributed by atoms with van der Waals surface area (Å²) in [6.07, 6.45) is 0.734. The van der Waals surface area contributed by atoms with E-state index in [2.05, 4.69) is 10.4 Å². The van der Waals surface area contributed by atoms with Crippen LogP contribution < -0.4 is 10.1 Å². The van der Waals surface area contributed by atoms with Crippen LogP contribution in [0.1, 0.15) is 23.2 Å². The molecule has 162 valence electrons. The molecular weight excluding hydrogens is 405 g/mol. The van der Waals surface area contributed by atoms with Crippen LogP contribution in [0.15, 0.2) is 84.9 Å². The zero-order chi connectivity index (χ0) is 22.3. The SMILES string of the molecule is Cc1nn(-c2ccccc2)c(Oc2cccc(F)c2)c1CCC(=O)NCc1ccccc1. The number of ether oxygens (including phenoxy) is 1. The van der Waals surface area contributed by atoms with Gasteiger partial charge < -0.3 is 10.1 Å². The van der Waals surface area contributed by atoms with Crippen molar-refractivity contribution in [3.63, 3.8) is 0 Å². The first-order valence-corrected chi connectivity index (χ1v) is 10.5. The van der Waals surface area contributed by atoms with Crippen molar-refractivity contribution >= 4 is 5.91 Å². The highest BCUT2D eigenvalue weighted by molar-refractivity contribution is 5.76. The number of carbonyl (C=O) groups is 1. The van der Waals surface area contributed by atoms with E-state index in [0.29, 0.717) is 24.6 Å². The molecule has 6 heteroatoms. The summed E-state index contributed by atoms with van der Waals surface area (Å²) < 4.78 is 21.5. The quantitative estimate of drug-likeness (QED) is 0.410. The lowest BCUT2D eigenvalue weighted by Gasteiger charge is -2.12. The Hall–Kier alpha value is -3.93. The number of benzene rings is 3. The fourth-order valence-electron chi connectivity index (χ4n) is 3.44. The molecule has 1 aromatic heterocycles. The van der Waals surface area contributed by atoms with Crippen LogP contribution in [0.25, 0.3) is 5.69 Å². The molecule has 0 fully saturated rings. The standard InChI is InChI=1S/C26H24FN3O2/c1-19-24(15-16-25(31)28-18-20-9-4-2-5-10-20)26(32-23-14-8-11-21(27)17-23)30(29-19)22-12-6-3-7-13-22/h2-14,17H,15-16,18H2,1H3,(H,28,31). The molecular formula is C26H24FN3O2. The Labute approximate surface area is 186 Å². The summed E-state index contributed by atoms with van der Waals surface area (Å²) in [5, 5.41) is 7.58. The van der Waals surface area contributed by atoms with Gasteiger partial charge >= 0.3 is 0 Å². The van der Waals surface area contributed by atoms with Crippen LogP contribution in [0.3, 0.4) is 0 Å². The van der Waals surface area contributed by atoms with Crippen molar-refractivity contribution in [1.29, 1.82) is 0 Å². The van der Waals surface area contributed by atoms with Gasteiger partial charge in [0.15, 0.2) is 0 Å². The van der Waals surface area contributed by atoms with Gasteiger partial charge in [0.25, 0.3) is 0 Å². The Bertz CT molecular complexity index is 1190. The summed E-state index contributed by atoms with van der Waals surface area (Å²) >= 11 is 0. The first-order chi connectivity index (χ1) is 15.6. The molecule has 0 spiro atoms. The third kappa shape index (κ3) is 5.21. The van der Waals surface area contributed by atoms with Gasteiger partial charge in [-0.25, -0.2) is 9.07 Å². The van der Waals surface area contributed by atoms with Crippen LogP contribution in [0.4, 0.5) is 4.39 Å². The van der Waals surface area contributed by atoms with E-state index in [1.54, 1.807) is 16.8 Å². The Morgan fingerprint density at radius 2 is 1.72 bits per heavy atom. The average molecular weight is 429 g/mol. The molecule has 0 aliphatic carbocycles. The molecule has 0 unspecified atom stereocenters. The predicted molar refractivity (Wildman–Crippen MR) is 121 cm³/mol. The summed E-state index contributed by atoms with van der Waals surface area (Å²) in [5.74, 6) is 0.413. The number of nitrogens with one attached hydrogen (secondary N) is 1. The lowest BCUT2D eigenvalue weighted by molar-refractivity contribution is -0.121. The maximum atomic E-state index is 13.7. The molecule has 5 nitrogen and oxygen atoms in total. The van der Waals surface area contributed by atoms with Crippen molar-refractivity contribution in [2.45, 2.75) is 26.3 Å². The van der Waals surface area contributed by atoms with E-state index in [0.717, 1.165) is 22.5 Å². The maximum Gasteiger partial charge on any atom is 0.226 e. The van der Waals surface area contributed by atoms with Gasteiger partial charge in [-0.05, 0) is 43.2 Å². The van der Waals surface area contributed by atoms with E-state index >= 15 is 0 Å². The number of aromatic nitrogens is 2. The zero-order valence-electron chi connectivity index (χ0n) is 17.8. The highest BCUT2D eigenvalue weighted by atomic mass is 19.1. The van der Waals surface area contributed by atoms with Crippen molar-refractivity contribution in [1.82, 2.24) is 15.1 Å². The van der Waals surface area contributed by atoms with E-state index in [1.807, 2.05) is 67.6 Å². The van der Waals surface area contributed by atoms with Gasteiger partial charge in [-0.1, -0.05) is 54.6 Å². The van der Waals surface area contributed by atoms with Gasteiger partial charge in [0.2, 0.25) is 11.8 Å². The van der Waals surface area contributed by atoms with Gasteiger partial charge in [-0.3, -0.25) is 4.79 Å². The number of nitrogens with zero attached hydrogens (tertiary/aromatic N) is 2. The Balaban J connectivity index is 1.55. The topological polar surface area (TPSA) is 56.2 Å². The first kappa shape index (κ1) is 21.3. The van der Waals surface area contributed by atoms with Crippen LogP contribution in [-0.4, -0.2) is 15.7 Å². The van der Waals surface area contributed by atoms with Gasteiger partial charge in [0.1, 0.15) is 11.6 Å². The molecule has 1 N–H and O–H groups in total. The predicted octanol–water partition coefficient (Wildman–Crippen LogP) is 5.36. The van der Waals surface area contributed by atoms with E-state index in [1.165, 1.54) is 12.1 Å². The molecule has 0 bridgehead atoms. The Morgan fingerprint density at radius 3 is 2.44 bits per heavy atom. The average Bonchev–Trinajstić information content (AvgIpc) is 3.12. The minimum atomic E-state index is -0.383. The molecule has 0 atom stereocenters. The molecule has 3 aromatic carbocycles. The Morgan fingerprint density at radius 1 is 1.00 bits per heavy atom. The number of halogens is 1. The second-order valence-electron chi connectivity index (χ2n) is 7.44. The summed E-state index contributed by atoms with van der Waals surface area (Å²) in [5.41, 5.74) is 3.44. The molecule has 0 saturated heterocycles. The summed E-state index contributed by atoms with van der Waals surface area (Å²) in [6.45, 7) is 2.36. The van der Waals surface area contributed by atoms with E-state index in [4.69, 9.17) is 4.74 Å². The van der Waals surface area contributed by atoms with E-state index in [9.17, 15) is 9.18 Å². The smallest absolute Gasteiger partial charge is 0.226 e. The Kier molecular flexibility index (Phi) is 6.60. The fraction of sp³-hybridized carbons (Fsp3) is 0.154. The summed E-state index contributed by atoms with van der Waals surface area (Å²) in [7, 11) is 0. The van der Waals surface area contributed by atoms with E-state index < -0.39 is 0 Å². The highest BCUT2D eigenvalue weighted by Gasteiger charge is 2.20. The van der Waals surface area contributed by atoms with Crippen LogP contribution in [0.2, 0.25) is 0 Å². The van der Waals surface area contributed by atoms with Crippen molar-refractivity contribution in [3.05, 3.63) is 108 Å². The highest BCUT2D eigenvalue weighted by Crippen LogP contribution is 2.31.